The predicted molar refractivity (Wildman–Crippen MR) is 69.7 cm³/mol. The molecule has 0 heterocycles. The van der Waals surface area contributed by atoms with Gasteiger partial charge in [0.2, 0.25) is 0 Å². The van der Waals surface area contributed by atoms with Crippen LogP contribution in [0.25, 0.3) is 0 Å². The first-order valence-corrected chi connectivity index (χ1v) is 6.58. The predicted octanol–water partition coefficient (Wildman–Crippen LogP) is 3.72. The van der Waals surface area contributed by atoms with E-state index in [0.717, 1.165) is 37.0 Å². The summed E-state index contributed by atoms with van der Waals surface area (Å²) in [5.74, 6) is 0.775. The van der Waals surface area contributed by atoms with Gasteiger partial charge in [-0.05, 0) is 37.5 Å². The van der Waals surface area contributed by atoms with Crippen molar-refractivity contribution in [3.63, 3.8) is 0 Å². The number of aryl methyl sites for hydroxylation is 1. The Hall–Kier alpha value is -0.730. The molecule has 2 nitrogen and oxygen atoms in total. The van der Waals surface area contributed by atoms with Gasteiger partial charge in [-0.3, -0.25) is 0 Å². The number of benzene rings is 1. The van der Waals surface area contributed by atoms with E-state index in [-0.39, 0.29) is 0 Å². The van der Waals surface area contributed by atoms with Crippen molar-refractivity contribution in [2.75, 3.05) is 6.61 Å². The summed E-state index contributed by atoms with van der Waals surface area (Å²) < 4.78 is 5.73. The van der Waals surface area contributed by atoms with Gasteiger partial charge in [-0.15, -0.1) is 0 Å². The Morgan fingerprint density at radius 1 is 1.29 bits per heavy atom. The molecule has 0 spiro atoms. The summed E-state index contributed by atoms with van der Waals surface area (Å²) in [6.07, 6.45) is 5.08. The first-order valence-electron chi connectivity index (χ1n) is 6.20. The van der Waals surface area contributed by atoms with E-state index in [9.17, 15) is 5.11 Å². The number of aliphatic hydroxyl groups is 1. The molecule has 1 N–H and O–H groups in total. The molecule has 0 unspecified atom stereocenters. The second kappa shape index (κ2) is 5.28. The standard InChI is InChI=1S/C14H19ClO2/c1-11-5-6-12(15)9-13(11)17-10-14(16)7-3-2-4-8-14/h5-6,9,16H,2-4,7-8,10H2,1H3. The maximum absolute atomic E-state index is 10.3. The lowest BCUT2D eigenvalue weighted by Crippen LogP contribution is -2.38. The molecule has 2 rings (SSSR count). The molecule has 0 amide bonds. The Kier molecular flexibility index (Phi) is 3.95. The maximum atomic E-state index is 10.3. The van der Waals surface area contributed by atoms with Crippen molar-refractivity contribution in [2.45, 2.75) is 44.6 Å². The molecule has 1 aliphatic carbocycles. The normalized spacial score (nSPS) is 19.0. The number of halogens is 1. The quantitative estimate of drug-likeness (QED) is 0.891. The minimum atomic E-state index is -0.646. The van der Waals surface area contributed by atoms with Crippen LogP contribution in [0.2, 0.25) is 5.02 Å². The van der Waals surface area contributed by atoms with Gasteiger partial charge in [0.15, 0.2) is 0 Å². The van der Waals surface area contributed by atoms with Crippen LogP contribution in [0.3, 0.4) is 0 Å². The van der Waals surface area contributed by atoms with Gasteiger partial charge in [0.25, 0.3) is 0 Å². The lowest BCUT2D eigenvalue weighted by atomic mass is 9.85. The fraction of sp³-hybridized carbons (Fsp3) is 0.571. The fourth-order valence-electron chi connectivity index (χ4n) is 2.30. The monoisotopic (exact) mass is 254 g/mol. The third-order valence-electron chi connectivity index (χ3n) is 3.43. The highest BCUT2D eigenvalue weighted by Gasteiger charge is 2.30. The van der Waals surface area contributed by atoms with E-state index in [2.05, 4.69) is 0 Å². The van der Waals surface area contributed by atoms with E-state index in [1.54, 1.807) is 0 Å². The Morgan fingerprint density at radius 3 is 2.71 bits per heavy atom. The Morgan fingerprint density at radius 2 is 2.00 bits per heavy atom. The minimum absolute atomic E-state index is 0.369. The van der Waals surface area contributed by atoms with E-state index >= 15 is 0 Å². The Balaban J connectivity index is 1.99. The minimum Gasteiger partial charge on any atom is -0.490 e. The lowest BCUT2D eigenvalue weighted by Gasteiger charge is -2.31. The third-order valence-corrected chi connectivity index (χ3v) is 3.67. The summed E-state index contributed by atoms with van der Waals surface area (Å²) in [4.78, 5) is 0. The van der Waals surface area contributed by atoms with Crippen LogP contribution in [-0.4, -0.2) is 17.3 Å². The van der Waals surface area contributed by atoms with Crippen LogP contribution in [0.15, 0.2) is 18.2 Å². The van der Waals surface area contributed by atoms with Gasteiger partial charge in [0, 0.05) is 5.02 Å². The Bertz CT molecular complexity index is 384. The van der Waals surface area contributed by atoms with E-state index < -0.39 is 5.60 Å². The van der Waals surface area contributed by atoms with E-state index in [1.165, 1.54) is 6.42 Å². The summed E-state index contributed by atoms with van der Waals surface area (Å²) in [7, 11) is 0. The second-order valence-electron chi connectivity index (χ2n) is 4.98. The van der Waals surface area contributed by atoms with Crippen molar-refractivity contribution in [2.24, 2.45) is 0 Å². The zero-order valence-electron chi connectivity index (χ0n) is 10.2. The largest absolute Gasteiger partial charge is 0.490 e. The number of rotatable bonds is 3. The van der Waals surface area contributed by atoms with Crippen molar-refractivity contribution >= 4 is 11.6 Å². The zero-order valence-corrected chi connectivity index (χ0v) is 11.0. The molecule has 1 aromatic carbocycles. The van der Waals surface area contributed by atoms with Crippen molar-refractivity contribution in [1.82, 2.24) is 0 Å². The molecule has 94 valence electrons. The first-order chi connectivity index (χ1) is 8.09. The Labute approximate surface area is 108 Å². The number of hydrogen-bond acceptors (Lipinski definition) is 2. The van der Waals surface area contributed by atoms with Gasteiger partial charge < -0.3 is 9.84 Å². The van der Waals surface area contributed by atoms with Crippen LogP contribution in [0.4, 0.5) is 0 Å². The molecule has 0 aliphatic heterocycles. The van der Waals surface area contributed by atoms with E-state index in [4.69, 9.17) is 16.3 Å². The molecule has 0 saturated heterocycles. The van der Waals surface area contributed by atoms with Crippen molar-refractivity contribution in [3.05, 3.63) is 28.8 Å². The molecule has 0 aromatic heterocycles. The molecule has 0 bridgehead atoms. The summed E-state index contributed by atoms with van der Waals surface area (Å²) >= 11 is 5.93. The lowest BCUT2D eigenvalue weighted by molar-refractivity contribution is -0.0340. The maximum Gasteiger partial charge on any atom is 0.123 e. The SMILES string of the molecule is Cc1ccc(Cl)cc1OCC1(O)CCCCC1. The molecular formula is C14H19ClO2. The average molecular weight is 255 g/mol. The summed E-state index contributed by atoms with van der Waals surface area (Å²) in [6, 6.07) is 5.59. The van der Waals surface area contributed by atoms with Crippen LogP contribution in [0.1, 0.15) is 37.7 Å². The van der Waals surface area contributed by atoms with Gasteiger partial charge in [0.1, 0.15) is 12.4 Å². The molecule has 1 aliphatic rings. The third kappa shape index (κ3) is 3.36. The summed E-state index contributed by atoms with van der Waals surface area (Å²) in [5.41, 5.74) is 0.404. The highest BCUT2D eigenvalue weighted by Crippen LogP contribution is 2.30. The summed E-state index contributed by atoms with van der Waals surface area (Å²) in [5, 5.41) is 11.0. The number of ether oxygens (including phenoxy) is 1. The van der Waals surface area contributed by atoms with Crippen molar-refractivity contribution in [1.29, 1.82) is 0 Å². The molecule has 0 radical (unpaired) electrons. The molecule has 1 aromatic rings. The highest BCUT2D eigenvalue weighted by molar-refractivity contribution is 6.30. The smallest absolute Gasteiger partial charge is 0.123 e. The van der Waals surface area contributed by atoms with Gasteiger partial charge >= 0.3 is 0 Å². The van der Waals surface area contributed by atoms with Gasteiger partial charge in [0.05, 0.1) is 5.60 Å². The molecular weight excluding hydrogens is 236 g/mol. The molecule has 0 atom stereocenters. The molecule has 1 fully saturated rings. The van der Waals surface area contributed by atoms with Crippen LogP contribution >= 0.6 is 11.6 Å². The zero-order chi connectivity index (χ0) is 12.3. The van der Waals surface area contributed by atoms with E-state index in [1.807, 2.05) is 25.1 Å². The van der Waals surface area contributed by atoms with Gasteiger partial charge in [-0.25, -0.2) is 0 Å². The van der Waals surface area contributed by atoms with Gasteiger partial charge in [-0.1, -0.05) is 36.9 Å². The summed E-state index contributed by atoms with van der Waals surface area (Å²) in [6.45, 7) is 2.35. The topological polar surface area (TPSA) is 29.5 Å². The van der Waals surface area contributed by atoms with Crippen LogP contribution in [0, 0.1) is 6.92 Å². The molecule has 17 heavy (non-hydrogen) atoms. The first kappa shape index (κ1) is 12.7. The average Bonchev–Trinajstić information content (AvgIpc) is 2.31. The highest BCUT2D eigenvalue weighted by atomic mass is 35.5. The number of hydrogen-bond donors (Lipinski definition) is 1. The molecule has 1 saturated carbocycles. The van der Waals surface area contributed by atoms with Crippen LogP contribution in [0.5, 0.6) is 5.75 Å². The van der Waals surface area contributed by atoms with Gasteiger partial charge in [-0.2, -0.15) is 0 Å². The van der Waals surface area contributed by atoms with Crippen LogP contribution in [-0.2, 0) is 0 Å². The van der Waals surface area contributed by atoms with Crippen molar-refractivity contribution in [3.8, 4) is 5.75 Å². The fourth-order valence-corrected chi connectivity index (χ4v) is 2.46. The second-order valence-corrected chi connectivity index (χ2v) is 5.42. The van der Waals surface area contributed by atoms with Crippen molar-refractivity contribution < 1.29 is 9.84 Å². The van der Waals surface area contributed by atoms with Crippen LogP contribution < -0.4 is 4.74 Å². The molecule has 3 heteroatoms. The van der Waals surface area contributed by atoms with E-state index in [0.29, 0.717) is 11.6 Å².